The van der Waals surface area contributed by atoms with Crippen LogP contribution >= 0.6 is 0 Å². The summed E-state index contributed by atoms with van der Waals surface area (Å²) in [5.41, 5.74) is 1.86. The van der Waals surface area contributed by atoms with E-state index in [4.69, 9.17) is 9.47 Å². The predicted octanol–water partition coefficient (Wildman–Crippen LogP) is 4.55. The fourth-order valence-corrected chi connectivity index (χ4v) is 2.87. The number of hydrogen-bond acceptors (Lipinski definition) is 5. The molecule has 140 valence electrons. The summed E-state index contributed by atoms with van der Waals surface area (Å²) in [5, 5.41) is 21.4. The summed E-state index contributed by atoms with van der Waals surface area (Å²) in [6.07, 6.45) is 2.40. The Balaban J connectivity index is 3.77. The number of benzene rings is 1. The summed E-state index contributed by atoms with van der Waals surface area (Å²) in [7, 11) is 2.98. The molecule has 25 heavy (non-hydrogen) atoms. The zero-order valence-corrected chi connectivity index (χ0v) is 16.3. The fraction of sp³-hybridized carbons (Fsp3) is 0.550. The Kier molecular flexibility index (Phi) is 7.49. The van der Waals surface area contributed by atoms with Gasteiger partial charge in [0.15, 0.2) is 5.78 Å². The SMILES string of the molecule is COc1c(C(C)=O)c(O)c(CC=C(C)C)c(O)c1C(CC(C)C)OC. The van der Waals surface area contributed by atoms with Crippen LogP contribution in [-0.4, -0.2) is 30.2 Å². The monoisotopic (exact) mass is 350 g/mol. The molecule has 1 atom stereocenters. The van der Waals surface area contributed by atoms with Gasteiger partial charge in [0, 0.05) is 12.7 Å². The van der Waals surface area contributed by atoms with E-state index in [-0.39, 0.29) is 28.6 Å². The van der Waals surface area contributed by atoms with Crippen molar-refractivity contribution in [2.45, 2.75) is 53.6 Å². The third-order valence-electron chi connectivity index (χ3n) is 4.10. The first-order chi connectivity index (χ1) is 11.6. The lowest BCUT2D eigenvalue weighted by atomic mass is 9.90. The van der Waals surface area contributed by atoms with Crippen LogP contribution in [0.15, 0.2) is 11.6 Å². The standard InChI is InChI=1S/C20H30O5/c1-11(2)8-9-14-18(22)16(13(5)21)20(25-7)17(19(14)23)15(24-6)10-12(3)4/h8,12,15,22-23H,9-10H2,1-7H3. The van der Waals surface area contributed by atoms with E-state index in [9.17, 15) is 15.0 Å². The van der Waals surface area contributed by atoms with Crippen LogP contribution in [0.2, 0.25) is 0 Å². The first-order valence-electron chi connectivity index (χ1n) is 8.47. The number of allylic oxidation sites excluding steroid dienone is 2. The lowest BCUT2D eigenvalue weighted by molar-refractivity contribution is 0.0796. The van der Waals surface area contributed by atoms with Crippen LogP contribution in [0.5, 0.6) is 17.2 Å². The molecule has 0 radical (unpaired) electrons. The molecule has 1 unspecified atom stereocenters. The molecule has 0 aliphatic rings. The van der Waals surface area contributed by atoms with Crippen LogP contribution in [0.4, 0.5) is 0 Å². The van der Waals surface area contributed by atoms with Crippen LogP contribution in [0.3, 0.4) is 0 Å². The van der Waals surface area contributed by atoms with Gasteiger partial charge in [0.1, 0.15) is 22.8 Å². The minimum absolute atomic E-state index is 0.0793. The summed E-state index contributed by atoms with van der Waals surface area (Å²) in [6.45, 7) is 9.33. The molecule has 0 amide bonds. The highest BCUT2D eigenvalue weighted by Gasteiger charge is 2.31. The molecule has 0 saturated heterocycles. The van der Waals surface area contributed by atoms with Crippen molar-refractivity contribution in [3.05, 3.63) is 28.3 Å². The van der Waals surface area contributed by atoms with Crippen LogP contribution in [0, 0.1) is 5.92 Å². The Morgan fingerprint density at radius 1 is 1.12 bits per heavy atom. The van der Waals surface area contributed by atoms with E-state index in [2.05, 4.69) is 0 Å². The highest BCUT2D eigenvalue weighted by atomic mass is 16.5. The Hall–Kier alpha value is -2.01. The van der Waals surface area contributed by atoms with E-state index >= 15 is 0 Å². The first kappa shape index (κ1) is 21.0. The average Bonchev–Trinajstić information content (AvgIpc) is 2.51. The molecule has 1 aromatic carbocycles. The number of methoxy groups -OCH3 is 2. The molecule has 1 rings (SSSR count). The van der Waals surface area contributed by atoms with Crippen LogP contribution in [-0.2, 0) is 11.2 Å². The largest absolute Gasteiger partial charge is 0.507 e. The van der Waals surface area contributed by atoms with Gasteiger partial charge in [0.2, 0.25) is 0 Å². The van der Waals surface area contributed by atoms with Gasteiger partial charge >= 0.3 is 0 Å². The molecule has 0 bridgehead atoms. The van der Waals surface area contributed by atoms with Crippen molar-refractivity contribution in [3.63, 3.8) is 0 Å². The van der Waals surface area contributed by atoms with Gasteiger partial charge in [0.05, 0.1) is 18.8 Å². The van der Waals surface area contributed by atoms with Crippen LogP contribution < -0.4 is 4.74 Å². The fourth-order valence-electron chi connectivity index (χ4n) is 2.87. The Bertz CT molecular complexity index is 655. The van der Waals surface area contributed by atoms with Gasteiger partial charge in [-0.1, -0.05) is 25.5 Å². The van der Waals surface area contributed by atoms with E-state index in [0.717, 1.165) is 5.57 Å². The van der Waals surface area contributed by atoms with Crippen LogP contribution in [0.1, 0.15) is 68.6 Å². The maximum Gasteiger partial charge on any atom is 0.167 e. The second kappa shape index (κ2) is 8.90. The normalized spacial score (nSPS) is 12.2. The molecule has 5 heteroatoms. The molecule has 0 heterocycles. The lowest BCUT2D eigenvalue weighted by Crippen LogP contribution is -2.12. The van der Waals surface area contributed by atoms with Gasteiger partial charge in [-0.15, -0.1) is 0 Å². The van der Waals surface area contributed by atoms with E-state index in [1.54, 1.807) is 7.11 Å². The zero-order chi connectivity index (χ0) is 19.3. The summed E-state index contributed by atoms with van der Waals surface area (Å²) in [4.78, 5) is 12.2. The maximum absolute atomic E-state index is 12.2. The summed E-state index contributed by atoms with van der Waals surface area (Å²) >= 11 is 0. The quantitative estimate of drug-likeness (QED) is 0.531. The first-order valence-corrected chi connectivity index (χ1v) is 8.47. The van der Waals surface area contributed by atoms with E-state index in [1.165, 1.54) is 14.0 Å². The molecular weight excluding hydrogens is 320 g/mol. The third-order valence-corrected chi connectivity index (χ3v) is 4.10. The maximum atomic E-state index is 12.2. The van der Waals surface area contributed by atoms with Gasteiger partial charge in [-0.25, -0.2) is 0 Å². The lowest BCUT2D eigenvalue weighted by Gasteiger charge is -2.25. The molecule has 0 aromatic heterocycles. The zero-order valence-electron chi connectivity index (χ0n) is 16.3. The third kappa shape index (κ3) is 4.75. The van der Waals surface area contributed by atoms with E-state index in [0.29, 0.717) is 29.9 Å². The van der Waals surface area contributed by atoms with Crippen molar-refractivity contribution in [3.8, 4) is 17.2 Å². The number of carbonyl (C=O) groups is 1. The molecule has 0 saturated carbocycles. The topological polar surface area (TPSA) is 76.0 Å². The summed E-state index contributed by atoms with van der Waals surface area (Å²) in [5.74, 6) is -0.152. The number of hydrogen-bond donors (Lipinski definition) is 2. The number of phenolic OH excluding ortho intramolecular Hbond substituents is 2. The van der Waals surface area contributed by atoms with Crippen molar-refractivity contribution in [1.29, 1.82) is 0 Å². The Morgan fingerprint density at radius 2 is 1.72 bits per heavy atom. The highest BCUT2D eigenvalue weighted by molar-refractivity contribution is 6.01. The predicted molar refractivity (Wildman–Crippen MR) is 98.7 cm³/mol. The Morgan fingerprint density at radius 3 is 2.12 bits per heavy atom. The van der Waals surface area contributed by atoms with Crippen LogP contribution in [0.25, 0.3) is 0 Å². The van der Waals surface area contributed by atoms with Gasteiger partial charge in [-0.3, -0.25) is 4.79 Å². The number of rotatable bonds is 8. The van der Waals surface area contributed by atoms with Crippen molar-refractivity contribution >= 4 is 5.78 Å². The number of aromatic hydroxyl groups is 2. The van der Waals surface area contributed by atoms with Crippen molar-refractivity contribution in [2.75, 3.05) is 14.2 Å². The number of carbonyl (C=O) groups excluding carboxylic acids is 1. The highest BCUT2D eigenvalue weighted by Crippen LogP contribution is 2.48. The molecular formula is C20H30O5. The van der Waals surface area contributed by atoms with E-state index in [1.807, 2.05) is 33.8 Å². The minimum atomic E-state index is -0.445. The number of phenols is 2. The summed E-state index contributed by atoms with van der Waals surface area (Å²) < 4.78 is 11.0. The van der Waals surface area contributed by atoms with Crippen molar-refractivity contribution in [1.82, 2.24) is 0 Å². The molecule has 2 N–H and O–H groups in total. The second-order valence-electron chi connectivity index (χ2n) is 6.89. The Labute approximate surface area is 150 Å². The van der Waals surface area contributed by atoms with Gasteiger partial charge in [-0.05, 0) is 39.5 Å². The van der Waals surface area contributed by atoms with Gasteiger partial charge in [-0.2, -0.15) is 0 Å². The average molecular weight is 350 g/mol. The molecule has 0 aliphatic heterocycles. The molecule has 0 fully saturated rings. The molecule has 0 spiro atoms. The summed E-state index contributed by atoms with van der Waals surface area (Å²) in [6, 6.07) is 0. The van der Waals surface area contributed by atoms with Crippen molar-refractivity contribution < 1.29 is 24.5 Å². The molecule has 1 aromatic rings. The van der Waals surface area contributed by atoms with E-state index < -0.39 is 6.10 Å². The molecule has 5 nitrogen and oxygen atoms in total. The van der Waals surface area contributed by atoms with Gasteiger partial charge in [0.25, 0.3) is 0 Å². The van der Waals surface area contributed by atoms with Crippen molar-refractivity contribution in [2.24, 2.45) is 5.92 Å². The minimum Gasteiger partial charge on any atom is -0.507 e. The number of Topliss-reactive ketones (excluding diaryl/α,β-unsaturated/α-hetero) is 1. The number of ketones is 1. The number of ether oxygens (including phenoxy) is 2. The second-order valence-corrected chi connectivity index (χ2v) is 6.89. The van der Waals surface area contributed by atoms with Gasteiger partial charge < -0.3 is 19.7 Å². The smallest absolute Gasteiger partial charge is 0.167 e. The molecule has 0 aliphatic carbocycles.